The molecule has 0 radical (unpaired) electrons. The van der Waals surface area contributed by atoms with Gasteiger partial charge in [-0.15, -0.1) is 0 Å². The summed E-state index contributed by atoms with van der Waals surface area (Å²) >= 11 is 0. The number of nitrogens with two attached hydrogens (primary N) is 2. The number of hydrogen-bond acceptors (Lipinski definition) is 7. The number of carbonyl (C=O) groups excluding carboxylic acids is 4. The van der Waals surface area contributed by atoms with Gasteiger partial charge in [0.25, 0.3) is 0 Å². The van der Waals surface area contributed by atoms with Gasteiger partial charge in [0.2, 0.25) is 11.8 Å². The molecule has 4 amide bonds. The Morgan fingerprint density at radius 2 is 0.902 bits per heavy atom. The Labute approximate surface area is 242 Å². The van der Waals surface area contributed by atoms with Gasteiger partial charge in [-0.25, -0.2) is 19.2 Å². The summed E-state index contributed by atoms with van der Waals surface area (Å²) in [7, 11) is 0. The van der Waals surface area contributed by atoms with Crippen LogP contribution < -0.4 is 22.1 Å². The number of rotatable bonds is 24. The lowest BCUT2D eigenvalue weighted by Gasteiger charge is -2.23. The molecule has 8 N–H and O–H groups in total. The van der Waals surface area contributed by atoms with E-state index in [0.717, 1.165) is 64.2 Å². The summed E-state index contributed by atoms with van der Waals surface area (Å²) in [5.74, 6) is -5.78. The minimum atomic E-state index is -1.60. The Morgan fingerprint density at radius 3 is 1.20 bits per heavy atom. The predicted molar refractivity (Wildman–Crippen MR) is 152 cm³/mol. The molecule has 4 atom stereocenters. The highest BCUT2D eigenvalue weighted by Gasteiger charge is 2.34. The van der Waals surface area contributed by atoms with Crippen LogP contribution >= 0.6 is 0 Å². The minimum absolute atomic E-state index is 0.322. The lowest BCUT2D eigenvalue weighted by molar-refractivity contribution is -0.163. The number of nitrogens with one attached hydrogen (secondary N) is 2. The van der Waals surface area contributed by atoms with E-state index in [1.165, 1.54) is 0 Å². The maximum Gasteiger partial charge on any atom is 0.405 e. The third kappa shape index (κ3) is 18.6. The van der Waals surface area contributed by atoms with Gasteiger partial charge < -0.3 is 37.1 Å². The molecule has 0 aliphatic heterocycles. The van der Waals surface area contributed by atoms with Crippen LogP contribution in [0.4, 0.5) is 9.59 Å². The molecule has 13 heteroatoms. The summed E-state index contributed by atoms with van der Waals surface area (Å²) in [5.41, 5.74) is 11.0. The summed E-state index contributed by atoms with van der Waals surface area (Å²) in [6, 6.07) is -3.20. The van der Waals surface area contributed by atoms with Crippen LogP contribution in [0, 0.1) is 11.8 Å². The molecule has 0 fully saturated rings. The Morgan fingerprint density at radius 1 is 0.585 bits per heavy atom. The standard InChI is InChI=1S/C28H50N4O9/c1-3-5-7-9-11-13-15-19(23(29)33)17-21(31-27(37)38)25(35)41-26(36)22(32-28(39)40)18-20(24(30)34)16-14-12-10-8-6-4-2/h19-22,31-32H,3-18H2,1-2H3,(H2,29,33)(H2,30,34)(H,37,38)(H,39,40)/t19?,20?,21-,22-/m0/s1. The number of esters is 2. The van der Waals surface area contributed by atoms with Crippen LogP contribution in [0.1, 0.15) is 117 Å². The fraction of sp³-hybridized carbons (Fsp3) is 0.786. The first kappa shape index (κ1) is 37.6. The normalized spacial score (nSPS) is 13.8. The Balaban J connectivity index is 5.36. The van der Waals surface area contributed by atoms with Crippen LogP contribution in [-0.4, -0.2) is 58.2 Å². The van der Waals surface area contributed by atoms with E-state index in [4.69, 9.17) is 16.2 Å². The van der Waals surface area contributed by atoms with E-state index >= 15 is 0 Å². The van der Waals surface area contributed by atoms with Crippen LogP contribution in [0.5, 0.6) is 0 Å². The van der Waals surface area contributed by atoms with Gasteiger partial charge in [0.15, 0.2) is 0 Å². The highest BCUT2D eigenvalue weighted by Crippen LogP contribution is 2.20. The highest BCUT2D eigenvalue weighted by molar-refractivity contribution is 5.94. The minimum Gasteiger partial charge on any atom is -0.465 e. The maximum absolute atomic E-state index is 12.8. The number of hydrogen-bond donors (Lipinski definition) is 6. The first-order valence-corrected chi connectivity index (χ1v) is 14.8. The molecular weight excluding hydrogens is 536 g/mol. The smallest absolute Gasteiger partial charge is 0.405 e. The van der Waals surface area contributed by atoms with Gasteiger partial charge in [0.1, 0.15) is 12.1 Å². The third-order valence-corrected chi connectivity index (χ3v) is 7.02. The summed E-state index contributed by atoms with van der Waals surface area (Å²) < 4.78 is 4.84. The summed E-state index contributed by atoms with van der Waals surface area (Å²) in [6.07, 6.45) is 8.17. The summed E-state index contributed by atoms with van der Waals surface area (Å²) in [4.78, 5) is 72.3. The van der Waals surface area contributed by atoms with Crippen molar-refractivity contribution < 1.29 is 43.7 Å². The fourth-order valence-electron chi connectivity index (χ4n) is 4.63. The Hall–Kier alpha value is -3.38. The topological polar surface area (TPSA) is 228 Å². The van der Waals surface area contributed by atoms with Gasteiger partial charge in [-0.3, -0.25) is 9.59 Å². The third-order valence-electron chi connectivity index (χ3n) is 7.02. The number of carbonyl (C=O) groups is 6. The molecule has 0 saturated heterocycles. The van der Waals surface area contributed by atoms with Crippen molar-refractivity contribution in [2.45, 2.75) is 129 Å². The fourth-order valence-corrected chi connectivity index (χ4v) is 4.63. The maximum atomic E-state index is 12.8. The Bertz CT molecular complexity index is 771. The lowest BCUT2D eigenvalue weighted by Crippen LogP contribution is -2.48. The molecule has 0 aromatic heterocycles. The zero-order chi connectivity index (χ0) is 31.2. The van der Waals surface area contributed by atoms with Crippen molar-refractivity contribution in [1.82, 2.24) is 10.6 Å². The van der Waals surface area contributed by atoms with Gasteiger partial charge >= 0.3 is 24.1 Å². The SMILES string of the molecule is CCCCCCCCC(C[C@H](NC(=O)O)C(=O)OC(=O)[C@H](CC(CCCCCCCC)C(N)=O)NC(=O)O)C(N)=O. The zero-order valence-electron chi connectivity index (χ0n) is 24.5. The molecule has 0 saturated carbocycles. The van der Waals surface area contributed by atoms with Crippen molar-refractivity contribution in [1.29, 1.82) is 0 Å². The monoisotopic (exact) mass is 586 g/mol. The van der Waals surface area contributed by atoms with Crippen molar-refractivity contribution in [2.75, 3.05) is 0 Å². The average molecular weight is 587 g/mol. The molecule has 0 aromatic carbocycles. The van der Waals surface area contributed by atoms with Crippen molar-refractivity contribution in [3.05, 3.63) is 0 Å². The van der Waals surface area contributed by atoms with Crippen molar-refractivity contribution >= 4 is 35.9 Å². The van der Waals surface area contributed by atoms with Gasteiger partial charge in [0, 0.05) is 11.8 Å². The van der Waals surface area contributed by atoms with Crippen molar-refractivity contribution in [3.8, 4) is 0 Å². The number of amides is 4. The van der Waals surface area contributed by atoms with Gasteiger partial charge in [-0.05, 0) is 25.7 Å². The summed E-state index contributed by atoms with van der Waals surface area (Å²) in [5, 5.41) is 22.3. The first-order chi connectivity index (χ1) is 19.4. The number of ether oxygens (including phenoxy) is 1. The second-order valence-electron chi connectivity index (χ2n) is 10.5. The predicted octanol–water partition coefficient (Wildman–Crippen LogP) is 3.81. The van der Waals surface area contributed by atoms with Crippen LogP contribution in [0.25, 0.3) is 0 Å². The van der Waals surface area contributed by atoms with Crippen molar-refractivity contribution in [3.63, 3.8) is 0 Å². The molecule has 0 aliphatic rings. The van der Waals surface area contributed by atoms with Crippen LogP contribution in [0.2, 0.25) is 0 Å². The molecule has 0 rings (SSSR count). The van der Waals surface area contributed by atoms with E-state index in [-0.39, 0.29) is 12.8 Å². The van der Waals surface area contributed by atoms with E-state index < -0.39 is 59.9 Å². The first-order valence-electron chi connectivity index (χ1n) is 14.8. The second kappa shape index (κ2) is 22.3. The number of carboxylic acid groups (broad SMARTS) is 2. The van der Waals surface area contributed by atoms with Gasteiger partial charge in [0.05, 0.1) is 0 Å². The van der Waals surface area contributed by atoms with Crippen LogP contribution in [0.15, 0.2) is 0 Å². The van der Waals surface area contributed by atoms with E-state index in [1.54, 1.807) is 0 Å². The Kier molecular flexibility index (Phi) is 20.5. The molecule has 0 aliphatic carbocycles. The van der Waals surface area contributed by atoms with E-state index in [9.17, 15) is 39.0 Å². The molecule has 0 bridgehead atoms. The summed E-state index contributed by atoms with van der Waals surface area (Å²) in [6.45, 7) is 4.18. The number of primary amides is 2. The largest absolute Gasteiger partial charge is 0.465 e. The molecular formula is C28H50N4O9. The molecule has 13 nitrogen and oxygen atoms in total. The highest BCUT2D eigenvalue weighted by atomic mass is 16.6. The molecule has 0 heterocycles. The van der Waals surface area contributed by atoms with Crippen molar-refractivity contribution in [2.24, 2.45) is 23.3 Å². The molecule has 2 unspecified atom stereocenters. The van der Waals surface area contributed by atoms with Gasteiger partial charge in [-0.2, -0.15) is 0 Å². The molecule has 41 heavy (non-hydrogen) atoms. The van der Waals surface area contributed by atoms with E-state index in [2.05, 4.69) is 13.8 Å². The average Bonchev–Trinajstić information content (AvgIpc) is 2.89. The molecule has 236 valence electrons. The molecule has 0 spiro atoms. The van der Waals surface area contributed by atoms with Gasteiger partial charge in [-0.1, -0.05) is 90.9 Å². The zero-order valence-corrected chi connectivity index (χ0v) is 24.5. The lowest BCUT2D eigenvalue weighted by atomic mass is 9.92. The van der Waals surface area contributed by atoms with Crippen LogP contribution in [0.3, 0.4) is 0 Å². The van der Waals surface area contributed by atoms with E-state index in [1.807, 2.05) is 10.6 Å². The molecule has 0 aromatic rings. The van der Waals surface area contributed by atoms with E-state index in [0.29, 0.717) is 25.7 Å². The quantitative estimate of drug-likeness (QED) is 0.0548. The van der Waals surface area contributed by atoms with Crippen LogP contribution in [-0.2, 0) is 23.9 Å². The second-order valence-corrected chi connectivity index (χ2v) is 10.5. The number of unbranched alkanes of at least 4 members (excludes halogenated alkanes) is 10.